The first kappa shape index (κ1) is 23.4. The fourth-order valence-corrected chi connectivity index (χ4v) is 4.67. The number of carboxylic acid groups (broad SMARTS) is 1. The number of carbonyl (C=O) groups is 3. The van der Waals surface area contributed by atoms with Crippen LogP contribution in [0, 0.1) is 0 Å². The van der Waals surface area contributed by atoms with Gasteiger partial charge in [0, 0.05) is 18.9 Å². The van der Waals surface area contributed by atoms with Crippen LogP contribution in [0.15, 0.2) is 54.7 Å². The van der Waals surface area contributed by atoms with E-state index in [9.17, 15) is 14.4 Å². The predicted octanol–water partition coefficient (Wildman–Crippen LogP) is 2.75. The van der Waals surface area contributed by atoms with E-state index in [1.807, 2.05) is 36.4 Å². The van der Waals surface area contributed by atoms with E-state index < -0.39 is 24.0 Å². The molecule has 0 saturated heterocycles. The van der Waals surface area contributed by atoms with Crippen molar-refractivity contribution >= 4 is 29.3 Å². The van der Waals surface area contributed by atoms with Crippen LogP contribution >= 0.6 is 11.3 Å². The lowest BCUT2D eigenvalue weighted by Gasteiger charge is -2.14. The molecule has 9 nitrogen and oxygen atoms in total. The molecule has 176 valence electrons. The number of rotatable bonds is 9. The van der Waals surface area contributed by atoms with E-state index in [4.69, 9.17) is 14.9 Å². The van der Waals surface area contributed by atoms with E-state index in [2.05, 4.69) is 27.8 Å². The highest BCUT2D eigenvalue weighted by Crippen LogP contribution is 2.44. The van der Waals surface area contributed by atoms with Crippen molar-refractivity contribution in [2.45, 2.75) is 24.9 Å². The van der Waals surface area contributed by atoms with E-state index in [1.54, 1.807) is 0 Å². The summed E-state index contributed by atoms with van der Waals surface area (Å²) in [6.07, 6.45) is 0.611. The van der Waals surface area contributed by atoms with Crippen LogP contribution in [0.4, 0.5) is 4.79 Å². The van der Waals surface area contributed by atoms with Crippen LogP contribution in [0.2, 0.25) is 0 Å². The number of carbonyl (C=O) groups excluding carboxylic acids is 2. The van der Waals surface area contributed by atoms with Gasteiger partial charge in [0.15, 0.2) is 0 Å². The number of aromatic nitrogens is 1. The maximum Gasteiger partial charge on any atom is 0.407 e. The van der Waals surface area contributed by atoms with Crippen molar-refractivity contribution in [2.24, 2.45) is 0 Å². The molecule has 0 bridgehead atoms. The highest BCUT2D eigenvalue weighted by Gasteiger charge is 2.29. The number of ether oxygens (including phenoxy) is 1. The summed E-state index contributed by atoms with van der Waals surface area (Å²) >= 11 is 1.03. The molecule has 0 unspecified atom stereocenters. The second-order valence-corrected chi connectivity index (χ2v) is 8.79. The molecule has 2 amide bonds. The fraction of sp³-hybridized carbons (Fsp3) is 0.250. The molecule has 0 aliphatic heterocycles. The molecule has 3 aromatic rings. The molecule has 2 aromatic carbocycles. The molecule has 1 aliphatic rings. The van der Waals surface area contributed by atoms with Gasteiger partial charge in [-0.15, -0.1) is 11.3 Å². The van der Waals surface area contributed by atoms with E-state index in [0.29, 0.717) is 5.01 Å². The van der Waals surface area contributed by atoms with Crippen molar-refractivity contribution in [3.63, 3.8) is 0 Å². The second-order valence-electron chi connectivity index (χ2n) is 7.67. The summed E-state index contributed by atoms with van der Waals surface area (Å²) in [6, 6.07) is 14.9. The molecule has 4 N–H and O–H groups in total. The van der Waals surface area contributed by atoms with Crippen molar-refractivity contribution < 1.29 is 29.3 Å². The minimum atomic E-state index is -1.23. The van der Waals surface area contributed by atoms with Crippen molar-refractivity contribution in [3.8, 4) is 11.1 Å². The van der Waals surface area contributed by atoms with Gasteiger partial charge in [0.2, 0.25) is 0 Å². The SMILES string of the molecule is O=C(NCc1ncc(C(=O)N[C@@H](CCO)C(=O)O)s1)OCC1c2ccccc2-c2ccccc21. The molecular weight excluding hydrogens is 458 g/mol. The number of fused-ring (bicyclic) bond motifs is 3. The predicted molar refractivity (Wildman–Crippen MR) is 125 cm³/mol. The van der Waals surface area contributed by atoms with Crippen LogP contribution in [0.5, 0.6) is 0 Å². The highest BCUT2D eigenvalue weighted by atomic mass is 32.1. The van der Waals surface area contributed by atoms with Gasteiger partial charge in [-0.05, 0) is 22.3 Å². The van der Waals surface area contributed by atoms with Gasteiger partial charge in [-0.1, -0.05) is 48.5 Å². The highest BCUT2D eigenvalue weighted by molar-refractivity contribution is 7.13. The number of hydrogen-bond acceptors (Lipinski definition) is 7. The van der Waals surface area contributed by atoms with Gasteiger partial charge in [-0.2, -0.15) is 0 Å². The zero-order valence-electron chi connectivity index (χ0n) is 18.1. The van der Waals surface area contributed by atoms with Gasteiger partial charge in [-0.25, -0.2) is 14.6 Å². The Hall–Kier alpha value is -3.76. The number of alkyl carbamates (subject to hydrolysis) is 1. The van der Waals surface area contributed by atoms with Gasteiger partial charge < -0.3 is 25.6 Å². The third kappa shape index (κ3) is 5.08. The van der Waals surface area contributed by atoms with Crippen LogP contribution in [0.1, 0.15) is 38.1 Å². The molecule has 0 spiro atoms. The smallest absolute Gasteiger partial charge is 0.407 e. The summed E-state index contributed by atoms with van der Waals surface area (Å²) in [5, 5.41) is 23.5. The maximum atomic E-state index is 12.3. The van der Waals surface area contributed by atoms with Crippen molar-refractivity contribution in [1.82, 2.24) is 15.6 Å². The number of benzene rings is 2. The standard InChI is InChI=1S/C24H23N3O6S/c28-10-9-19(23(30)31)27-22(29)20-11-25-21(34-20)12-26-24(32)33-13-18-16-7-3-1-5-14(16)15-6-2-4-8-17(15)18/h1-8,11,18-19,28H,9-10,12-13H2,(H,26,32)(H,27,29)(H,30,31)/t19-/m0/s1. The van der Waals surface area contributed by atoms with Gasteiger partial charge in [0.05, 0.1) is 12.7 Å². The van der Waals surface area contributed by atoms with Gasteiger partial charge in [-0.3, -0.25) is 4.79 Å². The van der Waals surface area contributed by atoms with Crippen LogP contribution in [-0.4, -0.2) is 52.4 Å². The first-order valence-electron chi connectivity index (χ1n) is 10.7. The van der Waals surface area contributed by atoms with Crippen molar-refractivity contribution in [3.05, 3.63) is 75.7 Å². The summed E-state index contributed by atoms with van der Waals surface area (Å²) < 4.78 is 5.48. The quantitative estimate of drug-likeness (QED) is 0.369. The molecule has 1 atom stereocenters. The molecule has 1 aromatic heterocycles. The summed E-state index contributed by atoms with van der Waals surface area (Å²) in [7, 11) is 0. The first-order valence-corrected chi connectivity index (χ1v) is 11.5. The maximum absolute atomic E-state index is 12.3. The number of carboxylic acids is 1. The molecular formula is C24H23N3O6S. The Morgan fingerprint density at radius 1 is 1.06 bits per heavy atom. The number of amides is 2. The zero-order chi connectivity index (χ0) is 24.1. The third-order valence-corrected chi connectivity index (χ3v) is 6.52. The monoisotopic (exact) mass is 481 g/mol. The van der Waals surface area contributed by atoms with Crippen LogP contribution in [0.3, 0.4) is 0 Å². The fourth-order valence-electron chi connectivity index (χ4n) is 3.91. The molecule has 34 heavy (non-hydrogen) atoms. The zero-order valence-corrected chi connectivity index (χ0v) is 18.9. The molecule has 4 rings (SSSR count). The molecule has 0 saturated carbocycles. The van der Waals surface area contributed by atoms with Crippen LogP contribution in [-0.2, 0) is 16.1 Å². The first-order chi connectivity index (χ1) is 16.5. The molecule has 1 aliphatic carbocycles. The molecule has 0 fully saturated rings. The number of hydrogen-bond donors (Lipinski definition) is 4. The van der Waals surface area contributed by atoms with Gasteiger partial charge in [0.25, 0.3) is 5.91 Å². The molecule has 10 heteroatoms. The summed E-state index contributed by atoms with van der Waals surface area (Å²) in [4.78, 5) is 40.0. The van der Waals surface area contributed by atoms with Gasteiger partial charge >= 0.3 is 12.1 Å². The number of thiazole rings is 1. The minimum Gasteiger partial charge on any atom is -0.480 e. The normalized spacial score (nSPS) is 13.0. The Labute approximate surface area is 199 Å². The number of nitrogens with one attached hydrogen (secondary N) is 2. The molecule has 0 radical (unpaired) electrons. The summed E-state index contributed by atoms with van der Waals surface area (Å²) in [6.45, 7) is -0.115. The van der Waals surface area contributed by atoms with Crippen molar-refractivity contribution in [1.29, 1.82) is 0 Å². The van der Waals surface area contributed by atoms with E-state index in [0.717, 1.165) is 33.6 Å². The second kappa shape index (κ2) is 10.4. The van der Waals surface area contributed by atoms with Crippen molar-refractivity contribution in [2.75, 3.05) is 13.2 Å². The average molecular weight is 482 g/mol. The van der Waals surface area contributed by atoms with E-state index >= 15 is 0 Å². The number of aliphatic carboxylic acids is 1. The van der Waals surface area contributed by atoms with Crippen LogP contribution < -0.4 is 10.6 Å². The Bertz CT molecular complexity index is 1170. The van der Waals surface area contributed by atoms with E-state index in [-0.39, 0.29) is 37.0 Å². The summed E-state index contributed by atoms with van der Waals surface area (Å²) in [5.74, 6) is -1.88. The topological polar surface area (TPSA) is 138 Å². The Morgan fingerprint density at radius 3 is 2.32 bits per heavy atom. The Balaban J connectivity index is 1.30. The Kier molecular flexibility index (Phi) is 7.19. The summed E-state index contributed by atoms with van der Waals surface area (Å²) in [5.41, 5.74) is 4.52. The number of aliphatic hydroxyl groups is 1. The van der Waals surface area contributed by atoms with Gasteiger partial charge in [0.1, 0.15) is 22.5 Å². The third-order valence-electron chi connectivity index (χ3n) is 5.53. The lowest BCUT2D eigenvalue weighted by molar-refractivity contribution is -0.139. The minimum absolute atomic E-state index is 0.0468. The van der Waals surface area contributed by atoms with E-state index in [1.165, 1.54) is 6.20 Å². The number of aliphatic hydroxyl groups excluding tert-OH is 1. The van der Waals surface area contributed by atoms with Crippen LogP contribution in [0.25, 0.3) is 11.1 Å². The number of nitrogens with zero attached hydrogens (tertiary/aromatic N) is 1. The lowest BCUT2D eigenvalue weighted by Crippen LogP contribution is -2.41. The largest absolute Gasteiger partial charge is 0.480 e. The average Bonchev–Trinajstić information content (AvgIpc) is 3.44. The lowest BCUT2D eigenvalue weighted by atomic mass is 9.98. The Morgan fingerprint density at radius 2 is 1.71 bits per heavy atom. The molecule has 1 heterocycles.